The van der Waals surface area contributed by atoms with E-state index in [2.05, 4.69) is 4.98 Å². The van der Waals surface area contributed by atoms with E-state index in [1.54, 1.807) is 6.07 Å². The number of pyridine rings is 1. The highest BCUT2D eigenvalue weighted by Crippen LogP contribution is 2.22. The summed E-state index contributed by atoms with van der Waals surface area (Å²) >= 11 is 5.62. The first-order valence-corrected chi connectivity index (χ1v) is 3.98. The number of halogens is 3. The van der Waals surface area contributed by atoms with Crippen LogP contribution < -0.4 is 4.74 Å². The number of rotatable bonds is 3. The van der Waals surface area contributed by atoms with Crippen molar-refractivity contribution in [3.8, 4) is 5.88 Å². The van der Waals surface area contributed by atoms with Crippen molar-refractivity contribution in [1.29, 1.82) is 0 Å². The number of hydrogen-bond acceptors (Lipinski definition) is 2. The zero-order chi connectivity index (χ0) is 9.90. The van der Waals surface area contributed by atoms with Gasteiger partial charge < -0.3 is 4.74 Å². The van der Waals surface area contributed by atoms with E-state index < -0.39 is 12.5 Å². The second-order valence-corrected chi connectivity index (χ2v) is 3.06. The molecule has 0 saturated carbocycles. The molecule has 2 nitrogen and oxygen atoms in total. The molecule has 0 amide bonds. The normalized spacial score (nSPS) is 11.4. The van der Waals surface area contributed by atoms with Crippen molar-refractivity contribution in [1.82, 2.24) is 4.98 Å². The van der Waals surface area contributed by atoms with Crippen LogP contribution in [0.1, 0.15) is 6.92 Å². The van der Waals surface area contributed by atoms with Crippen LogP contribution in [0.2, 0.25) is 5.02 Å². The largest absolute Gasteiger partial charge is 0.470 e. The monoisotopic (exact) mass is 207 g/mol. The molecule has 0 N–H and O–H groups in total. The Morgan fingerprint density at radius 2 is 2.31 bits per heavy atom. The van der Waals surface area contributed by atoms with E-state index in [4.69, 9.17) is 16.3 Å². The van der Waals surface area contributed by atoms with Crippen LogP contribution in [0.15, 0.2) is 18.3 Å². The lowest BCUT2D eigenvalue weighted by Crippen LogP contribution is -2.21. The third-order valence-corrected chi connectivity index (χ3v) is 1.47. The van der Waals surface area contributed by atoms with Gasteiger partial charge in [-0.05, 0) is 12.1 Å². The van der Waals surface area contributed by atoms with Gasteiger partial charge in [-0.3, -0.25) is 0 Å². The summed E-state index contributed by atoms with van der Waals surface area (Å²) in [7, 11) is 0. The van der Waals surface area contributed by atoms with Crippen LogP contribution in [0.25, 0.3) is 0 Å². The van der Waals surface area contributed by atoms with E-state index in [9.17, 15) is 8.78 Å². The minimum atomic E-state index is -2.87. The summed E-state index contributed by atoms with van der Waals surface area (Å²) in [6, 6.07) is 3.12. The maximum absolute atomic E-state index is 12.3. The molecule has 0 radical (unpaired) electrons. The molecule has 0 unspecified atom stereocenters. The van der Waals surface area contributed by atoms with Gasteiger partial charge in [0.1, 0.15) is 5.02 Å². The molecule has 0 aliphatic rings. The maximum Gasteiger partial charge on any atom is 0.278 e. The Hall–Kier alpha value is -0.900. The molecule has 0 fully saturated rings. The Bertz CT molecular complexity index is 288. The zero-order valence-corrected chi connectivity index (χ0v) is 7.68. The van der Waals surface area contributed by atoms with E-state index in [0.717, 1.165) is 6.92 Å². The third kappa shape index (κ3) is 3.55. The van der Waals surface area contributed by atoms with E-state index in [-0.39, 0.29) is 10.9 Å². The summed E-state index contributed by atoms with van der Waals surface area (Å²) in [5, 5.41) is 0.228. The van der Waals surface area contributed by atoms with Crippen molar-refractivity contribution < 1.29 is 13.5 Å². The topological polar surface area (TPSA) is 22.1 Å². The van der Waals surface area contributed by atoms with Gasteiger partial charge in [0, 0.05) is 13.1 Å². The van der Waals surface area contributed by atoms with Crippen LogP contribution in [-0.4, -0.2) is 17.5 Å². The first kappa shape index (κ1) is 10.2. The molecule has 0 atom stereocenters. The summed E-state index contributed by atoms with van der Waals surface area (Å²) < 4.78 is 29.4. The van der Waals surface area contributed by atoms with Crippen molar-refractivity contribution in [3.05, 3.63) is 23.4 Å². The van der Waals surface area contributed by atoms with Gasteiger partial charge >= 0.3 is 0 Å². The van der Waals surface area contributed by atoms with Crippen LogP contribution >= 0.6 is 11.6 Å². The first-order chi connectivity index (χ1) is 5.99. The molecule has 0 aliphatic heterocycles. The Morgan fingerprint density at radius 3 is 2.85 bits per heavy atom. The summed E-state index contributed by atoms with van der Waals surface area (Å²) in [6.07, 6.45) is 1.43. The van der Waals surface area contributed by atoms with Gasteiger partial charge in [0.15, 0.2) is 6.61 Å². The number of hydrogen-bond donors (Lipinski definition) is 0. The van der Waals surface area contributed by atoms with Crippen LogP contribution in [0.3, 0.4) is 0 Å². The standard InChI is InChI=1S/C8H8ClF2NO/c1-8(10,11)5-13-7-6(9)3-2-4-12-7/h2-4H,5H2,1H3. The van der Waals surface area contributed by atoms with Crippen molar-refractivity contribution in [2.75, 3.05) is 6.61 Å². The van der Waals surface area contributed by atoms with Crippen molar-refractivity contribution in [3.63, 3.8) is 0 Å². The molecular formula is C8H8ClF2NO. The number of aromatic nitrogens is 1. The molecule has 0 bridgehead atoms. The fourth-order valence-corrected chi connectivity index (χ4v) is 0.849. The van der Waals surface area contributed by atoms with Gasteiger partial charge in [0.05, 0.1) is 0 Å². The molecule has 13 heavy (non-hydrogen) atoms. The number of alkyl halides is 2. The Kier molecular flexibility index (Phi) is 3.03. The molecule has 0 aromatic carbocycles. The average Bonchev–Trinajstić information content (AvgIpc) is 2.01. The fraction of sp³-hybridized carbons (Fsp3) is 0.375. The zero-order valence-electron chi connectivity index (χ0n) is 6.93. The van der Waals surface area contributed by atoms with E-state index in [1.165, 1.54) is 12.3 Å². The lowest BCUT2D eigenvalue weighted by atomic mass is 10.4. The van der Waals surface area contributed by atoms with Gasteiger partial charge in [-0.15, -0.1) is 0 Å². The van der Waals surface area contributed by atoms with Crippen LogP contribution in [0.5, 0.6) is 5.88 Å². The lowest BCUT2D eigenvalue weighted by molar-refractivity contribution is -0.0242. The Balaban J connectivity index is 2.60. The highest BCUT2D eigenvalue weighted by Gasteiger charge is 2.22. The molecule has 5 heteroatoms. The van der Waals surface area contributed by atoms with Crippen LogP contribution in [0, 0.1) is 0 Å². The molecular weight excluding hydrogens is 200 g/mol. The maximum atomic E-state index is 12.3. The fourth-order valence-electron chi connectivity index (χ4n) is 0.672. The molecule has 1 aromatic rings. The van der Waals surface area contributed by atoms with Crippen molar-refractivity contribution >= 4 is 11.6 Å². The predicted molar refractivity (Wildman–Crippen MR) is 45.4 cm³/mol. The molecule has 0 saturated heterocycles. The molecule has 1 heterocycles. The summed E-state index contributed by atoms with van der Waals surface area (Å²) in [5.74, 6) is -2.84. The molecule has 1 rings (SSSR count). The minimum Gasteiger partial charge on any atom is -0.470 e. The second kappa shape index (κ2) is 3.87. The Labute approximate surface area is 79.5 Å². The number of ether oxygens (including phenoxy) is 1. The van der Waals surface area contributed by atoms with Gasteiger partial charge in [-0.2, -0.15) is 0 Å². The molecule has 1 aromatic heterocycles. The lowest BCUT2D eigenvalue weighted by Gasteiger charge is -2.11. The summed E-state index contributed by atoms with van der Waals surface area (Å²) in [6.45, 7) is 0.0492. The minimum absolute atomic E-state index is 0.0330. The predicted octanol–water partition coefficient (Wildman–Crippen LogP) is 2.77. The second-order valence-electron chi connectivity index (χ2n) is 2.65. The number of nitrogens with zero attached hydrogens (tertiary/aromatic N) is 1. The Morgan fingerprint density at radius 1 is 1.62 bits per heavy atom. The SMILES string of the molecule is CC(F)(F)COc1ncccc1Cl. The van der Waals surface area contributed by atoms with Gasteiger partial charge in [0.2, 0.25) is 5.88 Å². The third-order valence-electron chi connectivity index (χ3n) is 1.19. The smallest absolute Gasteiger partial charge is 0.278 e. The van der Waals surface area contributed by atoms with Crippen molar-refractivity contribution in [2.24, 2.45) is 0 Å². The molecule has 0 aliphatic carbocycles. The van der Waals surface area contributed by atoms with Crippen molar-refractivity contribution in [2.45, 2.75) is 12.8 Å². The van der Waals surface area contributed by atoms with Gasteiger partial charge in [-0.1, -0.05) is 11.6 Å². The van der Waals surface area contributed by atoms with E-state index >= 15 is 0 Å². The summed E-state index contributed by atoms with van der Waals surface area (Å²) in [5.41, 5.74) is 0. The van der Waals surface area contributed by atoms with Gasteiger partial charge in [0.25, 0.3) is 5.92 Å². The van der Waals surface area contributed by atoms with Crippen LogP contribution in [0.4, 0.5) is 8.78 Å². The highest BCUT2D eigenvalue weighted by atomic mass is 35.5. The van der Waals surface area contributed by atoms with Crippen LogP contribution in [-0.2, 0) is 0 Å². The van der Waals surface area contributed by atoms with E-state index in [0.29, 0.717) is 0 Å². The first-order valence-electron chi connectivity index (χ1n) is 3.60. The van der Waals surface area contributed by atoms with E-state index in [1.807, 2.05) is 0 Å². The molecule has 0 spiro atoms. The molecule has 72 valence electrons. The van der Waals surface area contributed by atoms with Gasteiger partial charge in [-0.25, -0.2) is 13.8 Å². The highest BCUT2D eigenvalue weighted by molar-refractivity contribution is 6.31. The quantitative estimate of drug-likeness (QED) is 0.761. The average molecular weight is 208 g/mol. The summed E-state index contributed by atoms with van der Waals surface area (Å²) in [4.78, 5) is 3.69.